The topological polar surface area (TPSA) is 55.1 Å². The van der Waals surface area contributed by atoms with Crippen molar-refractivity contribution in [2.75, 3.05) is 6.54 Å². The predicted octanol–water partition coefficient (Wildman–Crippen LogP) is 2.43. The summed E-state index contributed by atoms with van der Waals surface area (Å²) >= 11 is 5.22. The lowest BCUT2D eigenvalue weighted by molar-refractivity contribution is -0.118. The van der Waals surface area contributed by atoms with Crippen molar-refractivity contribution in [3.05, 3.63) is 20.8 Å². The van der Waals surface area contributed by atoms with Crippen LogP contribution in [0.3, 0.4) is 0 Å². The van der Waals surface area contributed by atoms with Crippen LogP contribution in [0, 0.1) is 0 Å². The van der Waals surface area contributed by atoms with Crippen LogP contribution in [-0.4, -0.2) is 12.5 Å². The maximum Gasteiger partial charge on any atom is 0.217 e. The van der Waals surface area contributed by atoms with Gasteiger partial charge in [-0.1, -0.05) is 0 Å². The summed E-state index contributed by atoms with van der Waals surface area (Å²) in [5, 5.41) is 5.41. The molecule has 5 heteroatoms. The van der Waals surface area contributed by atoms with E-state index in [-0.39, 0.29) is 5.91 Å². The Kier molecular flexibility index (Phi) is 5.28. The molecular weight excluding hydrogens is 276 g/mol. The number of thiophene rings is 1. The van der Waals surface area contributed by atoms with Crippen molar-refractivity contribution in [3.8, 4) is 0 Å². The van der Waals surface area contributed by atoms with Gasteiger partial charge in [-0.3, -0.25) is 4.79 Å². The maximum absolute atomic E-state index is 10.5. The second-order valence-corrected chi connectivity index (χ2v) is 5.18. The third-order valence-electron chi connectivity index (χ3n) is 2.09. The number of amides is 1. The SMILES string of the molecule is CC(NCCCC(N)=O)c1sccc1Br. The van der Waals surface area contributed by atoms with E-state index in [9.17, 15) is 4.79 Å². The summed E-state index contributed by atoms with van der Waals surface area (Å²) in [4.78, 5) is 11.8. The highest BCUT2D eigenvalue weighted by atomic mass is 79.9. The lowest BCUT2D eigenvalue weighted by Crippen LogP contribution is -2.21. The van der Waals surface area contributed by atoms with Crippen LogP contribution in [0.4, 0.5) is 0 Å². The van der Waals surface area contributed by atoms with Crippen LogP contribution < -0.4 is 11.1 Å². The molecule has 1 aromatic rings. The summed E-state index contributed by atoms with van der Waals surface area (Å²) in [5.41, 5.74) is 5.06. The predicted molar refractivity (Wildman–Crippen MR) is 66.9 cm³/mol. The Balaban J connectivity index is 2.28. The molecule has 0 aliphatic carbocycles. The van der Waals surface area contributed by atoms with Crippen LogP contribution in [-0.2, 0) is 4.79 Å². The van der Waals surface area contributed by atoms with E-state index >= 15 is 0 Å². The van der Waals surface area contributed by atoms with Crippen molar-refractivity contribution in [3.63, 3.8) is 0 Å². The minimum Gasteiger partial charge on any atom is -0.370 e. The van der Waals surface area contributed by atoms with Crippen molar-refractivity contribution in [1.82, 2.24) is 5.32 Å². The Labute approximate surface area is 102 Å². The molecule has 1 atom stereocenters. The zero-order valence-corrected chi connectivity index (χ0v) is 11.0. The number of hydrogen-bond acceptors (Lipinski definition) is 3. The van der Waals surface area contributed by atoms with Crippen LogP contribution in [0.5, 0.6) is 0 Å². The van der Waals surface area contributed by atoms with E-state index in [0.29, 0.717) is 12.5 Å². The first-order chi connectivity index (χ1) is 7.11. The normalized spacial score (nSPS) is 12.7. The fourth-order valence-electron chi connectivity index (χ4n) is 1.29. The fourth-order valence-corrected chi connectivity index (χ4v) is 3.04. The van der Waals surface area contributed by atoms with E-state index < -0.39 is 0 Å². The highest BCUT2D eigenvalue weighted by Gasteiger charge is 2.09. The van der Waals surface area contributed by atoms with Gasteiger partial charge < -0.3 is 11.1 Å². The number of nitrogens with one attached hydrogen (secondary N) is 1. The van der Waals surface area contributed by atoms with Crippen LogP contribution in [0.2, 0.25) is 0 Å². The van der Waals surface area contributed by atoms with Gasteiger partial charge in [0.2, 0.25) is 5.91 Å². The zero-order chi connectivity index (χ0) is 11.3. The minimum absolute atomic E-state index is 0.234. The summed E-state index contributed by atoms with van der Waals surface area (Å²) < 4.78 is 1.14. The van der Waals surface area contributed by atoms with Crippen molar-refractivity contribution < 1.29 is 4.79 Å². The molecule has 0 saturated heterocycles. The first kappa shape index (κ1) is 12.7. The van der Waals surface area contributed by atoms with Crippen molar-refractivity contribution in [1.29, 1.82) is 0 Å². The standard InChI is InChI=1S/C10H15BrN2OS/c1-7(10-8(11)4-6-15-10)13-5-2-3-9(12)14/h4,6-7,13H,2-3,5H2,1H3,(H2,12,14). The molecule has 0 radical (unpaired) electrons. The third-order valence-corrected chi connectivity index (χ3v) is 4.14. The summed E-state index contributed by atoms with van der Waals surface area (Å²) in [6.45, 7) is 2.93. The minimum atomic E-state index is -0.234. The molecule has 1 aromatic heterocycles. The highest BCUT2D eigenvalue weighted by Crippen LogP contribution is 2.28. The van der Waals surface area contributed by atoms with Crippen LogP contribution in [0.1, 0.15) is 30.7 Å². The molecule has 1 heterocycles. The van der Waals surface area contributed by atoms with Gasteiger partial charge in [-0.15, -0.1) is 11.3 Å². The van der Waals surface area contributed by atoms with E-state index in [0.717, 1.165) is 17.4 Å². The Hall–Kier alpha value is -0.390. The lowest BCUT2D eigenvalue weighted by Gasteiger charge is -2.12. The van der Waals surface area contributed by atoms with Crippen LogP contribution in [0.25, 0.3) is 0 Å². The van der Waals surface area contributed by atoms with Gasteiger partial charge in [-0.05, 0) is 47.3 Å². The Morgan fingerprint density at radius 2 is 2.47 bits per heavy atom. The van der Waals surface area contributed by atoms with Gasteiger partial charge in [0.05, 0.1) is 0 Å². The molecule has 0 saturated carbocycles. The van der Waals surface area contributed by atoms with Gasteiger partial charge in [-0.2, -0.15) is 0 Å². The monoisotopic (exact) mass is 290 g/mol. The average Bonchev–Trinajstić information content (AvgIpc) is 2.58. The van der Waals surface area contributed by atoms with Gasteiger partial charge in [-0.25, -0.2) is 0 Å². The van der Waals surface area contributed by atoms with Gasteiger partial charge in [0.15, 0.2) is 0 Å². The summed E-state index contributed by atoms with van der Waals surface area (Å²) in [5.74, 6) is -0.234. The zero-order valence-electron chi connectivity index (χ0n) is 8.63. The molecule has 0 aromatic carbocycles. The van der Waals surface area contributed by atoms with E-state index in [2.05, 4.69) is 33.6 Å². The quantitative estimate of drug-likeness (QED) is 0.791. The summed E-state index contributed by atoms with van der Waals surface area (Å²) in [6.07, 6.45) is 1.24. The Morgan fingerprint density at radius 3 is 3.00 bits per heavy atom. The number of hydrogen-bond donors (Lipinski definition) is 2. The van der Waals surface area contributed by atoms with Crippen molar-refractivity contribution in [2.24, 2.45) is 5.73 Å². The Bertz CT molecular complexity index is 327. The second-order valence-electron chi connectivity index (χ2n) is 3.38. The molecule has 0 fully saturated rings. The molecule has 15 heavy (non-hydrogen) atoms. The molecule has 0 spiro atoms. The maximum atomic E-state index is 10.5. The fraction of sp³-hybridized carbons (Fsp3) is 0.500. The molecule has 3 N–H and O–H groups in total. The molecule has 1 unspecified atom stereocenters. The first-order valence-corrected chi connectivity index (χ1v) is 6.53. The Morgan fingerprint density at radius 1 is 1.73 bits per heavy atom. The van der Waals surface area contributed by atoms with E-state index in [4.69, 9.17) is 5.73 Å². The lowest BCUT2D eigenvalue weighted by atomic mass is 10.2. The van der Waals surface area contributed by atoms with Gasteiger partial charge in [0.1, 0.15) is 0 Å². The molecule has 0 aliphatic heterocycles. The van der Waals surface area contributed by atoms with Crippen LogP contribution >= 0.6 is 27.3 Å². The molecular formula is C10H15BrN2OS. The van der Waals surface area contributed by atoms with Gasteiger partial charge in [0.25, 0.3) is 0 Å². The smallest absolute Gasteiger partial charge is 0.217 e. The van der Waals surface area contributed by atoms with Gasteiger partial charge >= 0.3 is 0 Å². The molecule has 1 rings (SSSR count). The number of carbonyl (C=O) groups excluding carboxylic acids is 1. The van der Waals surface area contributed by atoms with E-state index in [1.54, 1.807) is 11.3 Å². The van der Waals surface area contributed by atoms with E-state index in [1.807, 2.05) is 6.07 Å². The van der Waals surface area contributed by atoms with E-state index in [1.165, 1.54) is 4.88 Å². The molecule has 1 amide bonds. The summed E-state index contributed by atoms with van der Waals surface area (Å²) in [7, 11) is 0. The van der Waals surface area contributed by atoms with Gasteiger partial charge in [0, 0.05) is 21.8 Å². The second kappa shape index (κ2) is 6.25. The third kappa shape index (κ3) is 4.32. The number of rotatable bonds is 6. The number of nitrogens with two attached hydrogens (primary N) is 1. The molecule has 84 valence electrons. The number of carbonyl (C=O) groups is 1. The largest absolute Gasteiger partial charge is 0.370 e. The summed E-state index contributed by atoms with van der Waals surface area (Å²) in [6, 6.07) is 2.36. The molecule has 0 aliphatic rings. The first-order valence-electron chi connectivity index (χ1n) is 4.86. The number of primary amides is 1. The van der Waals surface area contributed by atoms with Crippen molar-refractivity contribution in [2.45, 2.75) is 25.8 Å². The van der Waals surface area contributed by atoms with Crippen molar-refractivity contribution >= 4 is 33.2 Å². The number of halogens is 1. The highest BCUT2D eigenvalue weighted by molar-refractivity contribution is 9.10. The molecule has 3 nitrogen and oxygen atoms in total. The van der Waals surface area contributed by atoms with Crippen LogP contribution in [0.15, 0.2) is 15.9 Å². The average molecular weight is 291 g/mol. The molecule has 0 bridgehead atoms.